The van der Waals surface area contributed by atoms with Gasteiger partial charge in [-0.3, -0.25) is 4.79 Å². The summed E-state index contributed by atoms with van der Waals surface area (Å²) in [4.78, 5) is 11.4. The Morgan fingerprint density at radius 3 is 2.31 bits per heavy atom. The van der Waals surface area contributed by atoms with Gasteiger partial charge in [0, 0.05) is 25.6 Å². The van der Waals surface area contributed by atoms with Crippen LogP contribution in [0.5, 0.6) is 0 Å². The summed E-state index contributed by atoms with van der Waals surface area (Å²) in [6, 6.07) is 0.721. The molecule has 2 N–H and O–H groups in total. The summed E-state index contributed by atoms with van der Waals surface area (Å²) >= 11 is 0. The van der Waals surface area contributed by atoms with Crippen LogP contribution < -0.4 is 10.6 Å². The molecule has 0 aromatic carbocycles. The molecule has 3 nitrogen and oxygen atoms in total. The predicted molar refractivity (Wildman–Crippen MR) is 65.2 cm³/mol. The number of hydrogen-bond acceptors (Lipinski definition) is 2. The lowest BCUT2D eigenvalue weighted by Gasteiger charge is -2.17. The highest BCUT2D eigenvalue weighted by atomic mass is 16.1. The van der Waals surface area contributed by atoms with Crippen molar-refractivity contribution in [1.29, 1.82) is 0 Å². The van der Waals surface area contributed by atoms with E-state index in [0.717, 1.165) is 37.4 Å². The highest BCUT2D eigenvalue weighted by Gasteiger charge is 2.40. The summed E-state index contributed by atoms with van der Waals surface area (Å²) in [5.74, 6) is 2.04. The molecule has 2 aliphatic rings. The Labute approximate surface area is 98.4 Å². The van der Waals surface area contributed by atoms with Gasteiger partial charge in [0.1, 0.15) is 0 Å². The van der Waals surface area contributed by atoms with E-state index in [1.807, 2.05) is 0 Å². The van der Waals surface area contributed by atoms with Gasteiger partial charge in [0.25, 0.3) is 0 Å². The number of hydrogen-bond donors (Lipinski definition) is 2. The maximum absolute atomic E-state index is 11.4. The van der Waals surface area contributed by atoms with E-state index in [9.17, 15) is 4.79 Å². The van der Waals surface area contributed by atoms with Crippen LogP contribution in [0.1, 0.15) is 45.4 Å². The molecule has 0 aromatic heterocycles. The highest BCUT2D eigenvalue weighted by molar-refractivity contribution is 5.75. The van der Waals surface area contributed by atoms with E-state index in [0.29, 0.717) is 6.42 Å². The van der Waals surface area contributed by atoms with Gasteiger partial charge in [-0.15, -0.1) is 0 Å². The smallest absolute Gasteiger partial charge is 0.221 e. The van der Waals surface area contributed by atoms with Crippen molar-refractivity contribution in [2.45, 2.75) is 51.5 Å². The van der Waals surface area contributed by atoms with Gasteiger partial charge >= 0.3 is 0 Å². The van der Waals surface area contributed by atoms with Crippen LogP contribution in [-0.4, -0.2) is 25.0 Å². The van der Waals surface area contributed by atoms with E-state index >= 15 is 0 Å². The lowest BCUT2D eigenvalue weighted by atomic mass is 10.1. The average molecular weight is 224 g/mol. The third-order valence-corrected chi connectivity index (χ3v) is 3.56. The van der Waals surface area contributed by atoms with E-state index in [1.54, 1.807) is 0 Å². The maximum Gasteiger partial charge on any atom is 0.221 e. The Kier molecular flexibility index (Phi) is 4.22. The SMILES string of the molecule is CCCNC(=O)CCNC(C1CC1)C1CC1. The van der Waals surface area contributed by atoms with Crippen molar-refractivity contribution in [3.63, 3.8) is 0 Å². The predicted octanol–water partition coefficient (Wildman–Crippen LogP) is 1.68. The second-order valence-electron chi connectivity index (χ2n) is 5.25. The van der Waals surface area contributed by atoms with Crippen LogP contribution in [0, 0.1) is 11.8 Å². The number of nitrogens with one attached hydrogen (secondary N) is 2. The maximum atomic E-state index is 11.4. The van der Waals surface area contributed by atoms with Crippen LogP contribution >= 0.6 is 0 Å². The minimum atomic E-state index is 0.194. The second kappa shape index (κ2) is 5.67. The Bertz CT molecular complexity index is 222. The Balaban J connectivity index is 1.57. The topological polar surface area (TPSA) is 41.1 Å². The third kappa shape index (κ3) is 3.78. The molecule has 0 aliphatic heterocycles. The Hall–Kier alpha value is -0.570. The van der Waals surface area contributed by atoms with Crippen molar-refractivity contribution in [1.82, 2.24) is 10.6 Å². The molecule has 16 heavy (non-hydrogen) atoms. The van der Waals surface area contributed by atoms with Crippen LogP contribution in [-0.2, 0) is 4.79 Å². The van der Waals surface area contributed by atoms with Crippen molar-refractivity contribution in [3.8, 4) is 0 Å². The highest BCUT2D eigenvalue weighted by Crippen LogP contribution is 2.44. The molecule has 0 aromatic rings. The normalized spacial score (nSPS) is 20.1. The first-order valence-electron chi connectivity index (χ1n) is 6.81. The molecule has 0 radical (unpaired) electrons. The molecule has 0 bridgehead atoms. The van der Waals surface area contributed by atoms with Crippen molar-refractivity contribution < 1.29 is 4.79 Å². The molecule has 0 unspecified atom stereocenters. The first-order valence-corrected chi connectivity index (χ1v) is 6.81. The van der Waals surface area contributed by atoms with Crippen molar-refractivity contribution in [2.75, 3.05) is 13.1 Å². The van der Waals surface area contributed by atoms with Crippen molar-refractivity contribution in [3.05, 3.63) is 0 Å². The zero-order valence-electron chi connectivity index (χ0n) is 10.3. The minimum absolute atomic E-state index is 0.194. The fraction of sp³-hybridized carbons (Fsp3) is 0.923. The molecule has 0 spiro atoms. The summed E-state index contributed by atoms with van der Waals surface area (Å²) in [5.41, 5.74) is 0. The van der Waals surface area contributed by atoms with Gasteiger partial charge in [0.05, 0.1) is 0 Å². The van der Waals surface area contributed by atoms with Crippen molar-refractivity contribution in [2.24, 2.45) is 11.8 Å². The molecule has 3 heteroatoms. The quantitative estimate of drug-likeness (QED) is 0.658. The lowest BCUT2D eigenvalue weighted by Crippen LogP contribution is -2.36. The molecule has 2 rings (SSSR count). The summed E-state index contributed by atoms with van der Waals surface area (Å²) in [6.07, 6.45) is 7.25. The zero-order valence-corrected chi connectivity index (χ0v) is 10.3. The van der Waals surface area contributed by atoms with Crippen LogP contribution in [0.4, 0.5) is 0 Å². The number of carbonyl (C=O) groups is 1. The molecular weight excluding hydrogens is 200 g/mol. The molecule has 0 heterocycles. The van der Waals surface area contributed by atoms with Gasteiger partial charge in [-0.05, 0) is 43.9 Å². The van der Waals surface area contributed by atoms with E-state index in [4.69, 9.17) is 0 Å². The van der Waals surface area contributed by atoms with Gasteiger partial charge in [-0.25, -0.2) is 0 Å². The molecule has 0 saturated heterocycles. The second-order valence-corrected chi connectivity index (χ2v) is 5.25. The fourth-order valence-corrected chi connectivity index (χ4v) is 2.33. The summed E-state index contributed by atoms with van der Waals surface area (Å²) in [6.45, 7) is 3.75. The minimum Gasteiger partial charge on any atom is -0.356 e. The standard InChI is InChI=1S/C13H24N2O/c1-2-8-14-12(16)7-9-15-13(10-3-4-10)11-5-6-11/h10-11,13,15H,2-9H2,1H3,(H,14,16). The van der Waals surface area contributed by atoms with Gasteiger partial charge < -0.3 is 10.6 Å². The van der Waals surface area contributed by atoms with E-state index in [1.165, 1.54) is 25.7 Å². The third-order valence-electron chi connectivity index (χ3n) is 3.56. The van der Waals surface area contributed by atoms with E-state index in [2.05, 4.69) is 17.6 Å². The molecule has 2 aliphatic carbocycles. The largest absolute Gasteiger partial charge is 0.356 e. The van der Waals surface area contributed by atoms with Crippen LogP contribution in [0.2, 0.25) is 0 Å². The molecule has 2 saturated carbocycles. The summed E-state index contributed by atoms with van der Waals surface area (Å²) < 4.78 is 0. The van der Waals surface area contributed by atoms with Crippen LogP contribution in [0.25, 0.3) is 0 Å². The molecule has 1 amide bonds. The number of amides is 1. The molecule has 92 valence electrons. The van der Waals surface area contributed by atoms with Gasteiger partial charge in [-0.2, -0.15) is 0 Å². The summed E-state index contributed by atoms with van der Waals surface area (Å²) in [5, 5.41) is 6.51. The lowest BCUT2D eigenvalue weighted by molar-refractivity contribution is -0.121. The van der Waals surface area contributed by atoms with Gasteiger partial charge in [-0.1, -0.05) is 6.92 Å². The molecule has 2 fully saturated rings. The zero-order chi connectivity index (χ0) is 11.4. The van der Waals surface area contributed by atoms with Crippen molar-refractivity contribution >= 4 is 5.91 Å². The monoisotopic (exact) mass is 224 g/mol. The summed E-state index contributed by atoms with van der Waals surface area (Å²) in [7, 11) is 0. The van der Waals surface area contributed by atoms with Gasteiger partial charge in [0.15, 0.2) is 0 Å². The van der Waals surface area contributed by atoms with Crippen LogP contribution in [0.3, 0.4) is 0 Å². The molecule has 0 atom stereocenters. The molecular formula is C13H24N2O. The van der Waals surface area contributed by atoms with E-state index in [-0.39, 0.29) is 5.91 Å². The van der Waals surface area contributed by atoms with E-state index < -0.39 is 0 Å². The number of carbonyl (C=O) groups excluding carboxylic acids is 1. The van der Waals surface area contributed by atoms with Gasteiger partial charge in [0.2, 0.25) is 5.91 Å². The average Bonchev–Trinajstić information content (AvgIpc) is 3.14. The fourth-order valence-electron chi connectivity index (χ4n) is 2.33. The first kappa shape index (κ1) is 11.9. The Morgan fingerprint density at radius 2 is 1.81 bits per heavy atom. The number of rotatable bonds is 8. The van der Waals surface area contributed by atoms with Crippen LogP contribution in [0.15, 0.2) is 0 Å². The Morgan fingerprint density at radius 1 is 1.19 bits per heavy atom. The first-order chi connectivity index (χ1) is 7.81.